The zero-order valence-electron chi connectivity index (χ0n) is 37.5. The van der Waals surface area contributed by atoms with E-state index in [-0.39, 0.29) is 31.9 Å². The second-order valence-corrected chi connectivity index (χ2v) is 18.0. The van der Waals surface area contributed by atoms with Gasteiger partial charge in [0.05, 0.1) is 5.69 Å². The molecule has 10 rings (SSSR count). The Bertz CT molecular complexity index is 3290. The van der Waals surface area contributed by atoms with E-state index in [1.54, 1.807) is 0 Å². The molecule has 0 saturated heterocycles. The van der Waals surface area contributed by atoms with Crippen LogP contribution >= 0.6 is 0 Å². The van der Waals surface area contributed by atoms with Gasteiger partial charge in [0.1, 0.15) is 5.82 Å². The van der Waals surface area contributed by atoms with Crippen molar-refractivity contribution in [2.75, 3.05) is 0 Å². The van der Waals surface area contributed by atoms with E-state index in [0.717, 1.165) is 50.1 Å². The van der Waals surface area contributed by atoms with Gasteiger partial charge in [-0.15, -0.1) is 35.2 Å². The number of ether oxygens (including phenoxy) is 1. The van der Waals surface area contributed by atoms with Gasteiger partial charge in [0.25, 0.3) is 6.33 Å². The Morgan fingerprint density at radius 2 is 1.26 bits per heavy atom. The fourth-order valence-electron chi connectivity index (χ4n) is 9.03. The molecular formula is C59H50N4OPt-2. The van der Waals surface area contributed by atoms with Crippen molar-refractivity contribution in [3.8, 4) is 39.8 Å². The molecule has 0 aliphatic rings. The maximum absolute atomic E-state index is 6.84. The summed E-state index contributed by atoms with van der Waals surface area (Å²) in [6.45, 7) is 13.5. The van der Waals surface area contributed by atoms with Crippen molar-refractivity contribution in [1.29, 1.82) is 0 Å². The number of hydrogen-bond donors (Lipinski definition) is 0. The summed E-state index contributed by atoms with van der Waals surface area (Å²) < 4.78 is 13.1. The number of nitrogens with zero attached hydrogens (tertiary/aromatic N) is 4. The van der Waals surface area contributed by atoms with Crippen molar-refractivity contribution in [2.45, 2.75) is 58.3 Å². The Morgan fingerprint density at radius 3 is 2.00 bits per heavy atom. The van der Waals surface area contributed by atoms with Crippen LogP contribution in [-0.4, -0.2) is 14.1 Å². The fourth-order valence-corrected chi connectivity index (χ4v) is 9.03. The van der Waals surface area contributed by atoms with Crippen LogP contribution in [0, 0.1) is 18.5 Å². The first kappa shape index (κ1) is 43.4. The molecule has 0 amide bonds. The summed E-state index contributed by atoms with van der Waals surface area (Å²) in [7, 11) is 0. The predicted molar refractivity (Wildman–Crippen MR) is 259 cm³/mol. The van der Waals surface area contributed by atoms with Gasteiger partial charge >= 0.3 is 0 Å². The smallest absolute Gasteiger partial charge is 0.267 e. The minimum atomic E-state index is -0.234. The Morgan fingerprint density at radius 1 is 0.600 bits per heavy atom. The quantitative estimate of drug-likeness (QED) is 0.0956. The number of benzene rings is 7. The van der Waals surface area contributed by atoms with Crippen LogP contribution in [0.25, 0.3) is 50.1 Å². The van der Waals surface area contributed by atoms with Gasteiger partial charge in [0.15, 0.2) is 0 Å². The summed E-state index contributed by atoms with van der Waals surface area (Å²) in [6.07, 6.45) is 9.58. The molecule has 7 aromatic carbocycles. The van der Waals surface area contributed by atoms with E-state index in [1.165, 1.54) is 27.8 Å². The molecule has 0 saturated carbocycles. The van der Waals surface area contributed by atoms with Crippen LogP contribution in [0.3, 0.4) is 0 Å². The molecule has 10 aromatic rings. The topological polar surface area (TPSA) is 35.9 Å². The second kappa shape index (κ2) is 17.6. The summed E-state index contributed by atoms with van der Waals surface area (Å²) in [4.78, 5) is 4.96. The first-order chi connectivity index (χ1) is 31.0. The minimum absolute atomic E-state index is 0. The summed E-state index contributed by atoms with van der Waals surface area (Å²) in [5.41, 5.74) is 11.7. The average Bonchev–Trinajstić information content (AvgIpc) is 3.96. The largest absolute Gasteiger partial charge is 0.510 e. The molecule has 6 heteroatoms. The van der Waals surface area contributed by atoms with Crippen LogP contribution < -0.4 is 9.30 Å². The van der Waals surface area contributed by atoms with Crippen molar-refractivity contribution >= 4 is 21.8 Å². The molecule has 0 radical (unpaired) electrons. The van der Waals surface area contributed by atoms with Gasteiger partial charge in [-0.3, -0.25) is 4.57 Å². The van der Waals surface area contributed by atoms with Crippen LogP contribution in [0.1, 0.15) is 75.3 Å². The summed E-state index contributed by atoms with van der Waals surface area (Å²) in [5, 5.41) is 2.20. The molecule has 0 bridgehead atoms. The maximum Gasteiger partial charge on any atom is 0.267 e. The molecule has 0 fully saturated rings. The summed E-state index contributed by atoms with van der Waals surface area (Å²) >= 11 is 0. The average molecular weight is 1030 g/mol. The van der Waals surface area contributed by atoms with E-state index in [0.29, 0.717) is 17.4 Å². The van der Waals surface area contributed by atoms with Crippen LogP contribution in [0.4, 0.5) is 0 Å². The third-order valence-corrected chi connectivity index (χ3v) is 12.9. The molecule has 0 aliphatic heterocycles. The zero-order chi connectivity index (χ0) is 44.0. The van der Waals surface area contributed by atoms with E-state index in [2.05, 4.69) is 228 Å². The Balaban J connectivity index is 0.00000533. The van der Waals surface area contributed by atoms with Gasteiger partial charge in [0, 0.05) is 67.5 Å². The van der Waals surface area contributed by atoms with Crippen LogP contribution in [0.5, 0.6) is 11.5 Å². The van der Waals surface area contributed by atoms with Gasteiger partial charge in [-0.1, -0.05) is 162 Å². The third kappa shape index (κ3) is 8.26. The molecule has 324 valence electrons. The summed E-state index contributed by atoms with van der Waals surface area (Å²) in [6, 6.07) is 67.1. The van der Waals surface area contributed by atoms with Crippen molar-refractivity contribution in [2.24, 2.45) is 0 Å². The van der Waals surface area contributed by atoms with Gasteiger partial charge < -0.3 is 13.9 Å². The summed E-state index contributed by atoms with van der Waals surface area (Å²) in [5.74, 6) is 2.31. The molecule has 0 spiro atoms. The van der Waals surface area contributed by atoms with Crippen molar-refractivity contribution in [3.63, 3.8) is 0 Å². The molecular weight excluding hydrogens is 976 g/mol. The molecule has 0 unspecified atom stereocenters. The molecule has 0 atom stereocenters. The SMILES string of the molecule is CC(C)c1ccccc1-c1cc(Oc2[c-]c3c(cc2)c2ccccc2n3-c2cc(C(C)(C)c3ccccc3)ccn2)[c-]c(-n2[c-][n+](-c3cccc(C(C)(C)c4ccccc4)c3)cc2)c1.[Pt]. The second-order valence-electron chi connectivity index (χ2n) is 18.0. The van der Waals surface area contributed by atoms with Crippen LogP contribution in [0.2, 0.25) is 0 Å². The number of rotatable bonds is 11. The Hall–Kier alpha value is -6.81. The number of aromatic nitrogens is 4. The van der Waals surface area contributed by atoms with Crippen LogP contribution in [-0.2, 0) is 31.9 Å². The Labute approximate surface area is 396 Å². The molecule has 3 heterocycles. The van der Waals surface area contributed by atoms with Gasteiger partial charge in [-0.2, -0.15) is 12.1 Å². The number of para-hydroxylation sites is 1. The molecule has 0 aliphatic carbocycles. The molecule has 5 nitrogen and oxygen atoms in total. The van der Waals surface area contributed by atoms with E-state index in [9.17, 15) is 0 Å². The molecule has 65 heavy (non-hydrogen) atoms. The van der Waals surface area contributed by atoms with Crippen molar-refractivity contribution in [1.82, 2.24) is 14.1 Å². The number of hydrogen-bond acceptors (Lipinski definition) is 2. The first-order valence-electron chi connectivity index (χ1n) is 22.1. The fraction of sp³-hybridized carbons (Fsp3) is 0.153. The van der Waals surface area contributed by atoms with E-state index in [1.807, 2.05) is 33.8 Å². The van der Waals surface area contributed by atoms with E-state index >= 15 is 0 Å². The Kier molecular flexibility index (Phi) is 11.8. The zero-order valence-corrected chi connectivity index (χ0v) is 39.8. The standard InChI is InChI=1S/C59H50N4O.Pt/c1-41(2)51-24-13-14-25-52(51)42-34-48(62-33-32-61(40-62)47-23-17-22-45(36-47)58(3,4)43-18-9-7-10-19-43)38-50(35-42)64-49-28-29-54-53-26-15-16-27-55(53)63(56(54)39-49)57-37-46(30-31-60-57)59(5,6)44-20-11-8-12-21-44;/h7-37,41H,1-6H3;/q-2;. The van der Waals surface area contributed by atoms with Crippen molar-refractivity contribution in [3.05, 3.63) is 235 Å². The maximum atomic E-state index is 6.84. The van der Waals surface area contributed by atoms with E-state index in [4.69, 9.17) is 9.72 Å². The third-order valence-electron chi connectivity index (χ3n) is 12.9. The van der Waals surface area contributed by atoms with Crippen molar-refractivity contribution < 1.29 is 30.4 Å². The molecule has 3 aromatic heterocycles. The van der Waals surface area contributed by atoms with Gasteiger partial charge in [-0.05, 0) is 80.7 Å². The van der Waals surface area contributed by atoms with Gasteiger partial charge in [0.2, 0.25) is 0 Å². The minimum Gasteiger partial charge on any atom is -0.510 e. The van der Waals surface area contributed by atoms with Gasteiger partial charge in [-0.25, -0.2) is 4.98 Å². The number of pyridine rings is 1. The normalized spacial score (nSPS) is 11.9. The molecule has 0 N–H and O–H groups in total. The van der Waals surface area contributed by atoms with E-state index < -0.39 is 0 Å². The first-order valence-corrected chi connectivity index (χ1v) is 22.1. The predicted octanol–water partition coefficient (Wildman–Crippen LogP) is 13.9. The number of fused-ring (bicyclic) bond motifs is 3. The monoisotopic (exact) mass is 1030 g/mol. The number of imidazole rings is 1. The van der Waals surface area contributed by atoms with Crippen LogP contribution in [0.15, 0.2) is 188 Å².